The van der Waals surface area contributed by atoms with Crippen molar-refractivity contribution in [1.82, 2.24) is 10.2 Å². The molecular formula is C12H17N3O. The fourth-order valence-electron chi connectivity index (χ4n) is 1.90. The van der Waals surface area contributed by atoms with Gasteiger partial charge in [0.2, 0.25) is 0 Å². The van der Waals surface area contributed by atoms with Crippen molar-refractivity contribution in [2.75, 3.05) is 12.3 Å². The quantitative estimate of drug-likeness (QED) is 0.744. The molecule has 0 spiro atoms. The number of nitrogens with zero attached hydrogens (tertiary/aromatic N) is 1. The van der Waals surface area contributed by atoms with Crippen molar-refractivity contribution >= 4 is 11.7 Å². The van der Waals surface area contributed by atoms with Gasteiger partial charge in [0.1, 0.15) is 0 Å². The Hall–Kier alpha value is -1.71. The summed E-state index contributed by atoms with van der Waals surface area (Å²) in [6.45, 7) is 4.12. The second-order valence-corrected chi connectivity index (χ2v) is 4.12. The Morgan fingerprint density at radius 3 is 2.94 bits per heavy atom. The number of hydrogen-bond donors (Lipinski definition) is 2. The molecule has 0 aliphatic carbocycles. The lowest BCUT2D eigenvalue weighted by Crippen LogP contribution is -2.36. The molecule has 1 heterocycles. The van der Waals surface area contributed by atoms with E-state index in [1.807, 2.05) is 25.1 Å². The van der Waals surface area contributed by atoms with Gasteiger partial charge in [-0.1, -0.05) is 13.0 Å². The molecule has 1 aromatic rings. The first-order valence-electron chi connectivity index (χ1n) is 5.60. The number of benzene rings is 1. The number of nitrogens with two attached hydrogens (primary N) is 1. The zero-order valence-corrected chi connectivity index (χ0v) is 9.49. The summed E-state index contributed by atoms with van der Waals surface area (Å²) in [6.07, 6.45) is 0.958. The largest absolute Gasteiger partial charge is 0.399 e. The van der Waals surface area contributed by atoms with Gasteiger partial charge in [0.15, 0.2) is 0 Å². The maximum absolute atomic E-state index is 11.7. The second kappa shape index (κ2) is 4.43. The van der Waals surface area contributed by atoms with Gasteiger partial charge < -0.3 is 16.0 Å². The average molecular weight is 219 g/mol. The molecule has 1 aliphatic heterocycles. The number of carbonyl (C=O) groups is 1. The standard InChI is InChI=1S/C12H17N3O/c1-2-5-14-12(16)15-7-9-3-4-11(13)6-10(9)8-15/h3-4,6H,2,5,7-8,13H2,1H3,(H,14,16). The zero-order valence-electron chi connectivity index (χ0n) is 9.49. The Bertz CT molecular complexity index is 403. The molecule has 4 nitrogen and oxygen atoms in total. The molecule has 0 radical (unpaired) electrons. The fourth-order valence-corrected chi connectivity index (χ4v) is 1.90. The van der Waals surface area contributed by atoms with Gasteiger partial charge in [0.25, 0.3) is 0 Å². The van der Waals surface area contributed by atoms with E-state index in [2.05, 4.69) is 5.32 Å². The molecular weight excluding hydrogens is 202 g/mol. The predicted octanol–water partition coefficient (Wildman–Crippen LogP) is 1.70. The second-order valence-electron chi connectivity index (χ2n) is 4.12. The van der Waals surface area contributed by atoms with Crippen molar-refractivity contribution in [3.05, 3.63) is 29.3 Å². The topological polar surface area (TPSA) is 58.4 Å². The summed E-state index contributed by atoms with van der Waals surface area (Å²) in [5.41, 5.74) is 8.83. The number of carbonyl (C=O) groups excluding carboxylic acids is 1. The van der Waals surface area contributed by atoms with Crippen molar-refractivity contribution in [3.63, 3.8) is 0 Å². The minimum Gasteiger partial charge on any atom is -0.399 e. The van der Waals surface area contributed by atoms with Crippen LogP contribution in [0.2, 0.25) is 0 Å². The summed E-state index contributed by atoms with van der Waals surface area (Å²) >= 11 is 0. The zero-order chi connectivity index (χ0) is 11.5. The van der Waals surface area contributed by atoms with E-state index < -0.39 is 0 Å². The van der Waals surface area contributed by atoms with Crippen molar-refractivity contribution < 1.29 is 4.79 Å². The van der Waals surface area contributed by atoms with Gasteiger partial charge in [-0.3, -0.25) is 0 Å². The van der Waals surface area contributed by atoms with Crippen LogP contribution in [-0.4, -0.2) is 17.5 Å². The first-order chi connectivity index (χ1) is 7.70. The minimum absolute atomic E-state index is 0.0108. The van der Waals surface area contributed by atoms with Gasteiger partial charge >= 0.3 is 6.03 Å². The SMILES string of the molecule is CCCNC(=O)N1Cc2ccc(N)cc2C1. The van der Waals surface area contributed by atoms with Gasteiger partial charge in [0, 0.05) is 25.3 Å². The van der Waals surface area contributed by atoms with Crippen molar-refractivity contribution in [1.29, 1.82) is 0 Å². The third kappa shape index (κ3) is 2.10. The molecule has 4 heteroatoms. The number of nitrogens with one attached hydrogen (secondary N) is 1. The molecule has 0 fully saturated rings. The normalized spacial score (nSPS) is 13.7. The predicted molar refractivity (Wildman–Crippen MR) is 63.8 cm³/mol. The van der Waals surface area contributed by atoms with Gasteiger partial charge in [-0.05, 0) is 29.7 Å². The fraction of sp³-hybridized carbons (Fsp3) is 0.417. The minimum atomic E-state index is 0.0108. The molecule has 0 saturated heterocycles. The van der Waals surface area contributed by atoms with Crippen LogP contribution in [0.4, 0.5) is 10.5 Å². The molecule has 1 aliphatic rings. The molecule has 16 heavy (non-hydrogen) atoms. The maximum atomic E-state index is 11.7. The highest BCUT2D eigenvalue weighted by Gasteiger charge is 2.22. The molecule has 0 atom stereocenters. The molecule has 86 valence electrons. The Labute approximate surface area is 95.4 Å². The van der Waals surface area contributed by atoms with Gasteiger partial charge in [-0.25, -0.2) is 4.79 Å². The molecule has 2 amide bonds. The molecule has 1 aromatic carbocycles. The summed E-state index contributed by atoms with van der Waals surface area (Å²) in [5.74, 6) is 0. The van der Waals surface area contributed by atoms with Gasteiger partial charge in [0.05, 0.1) is 0 Å². The molecule has 2 rings (SSSR count). The number of amides is 2. The van der Waals surface area contributed by atoms with Crippen molar-refractivity contribution in [2.45, 2.75) is 26.4 Å². The summed E-state index contributed by atoms with van der Waals surface area (Å²) in [6, 6.07) is 5.84. The number of nitrogen functional groups attached to an aromatic ring is 1. The van der Waals surface area contributed by atoms with E-state index in [0.29, 0.717) is 13.1 Å². The third-order valence-corrected chi connectivity index (χ3v) is 2.77. The van der Waals surface area contributed by atoms with Crippen LogP contribution in [-0.2, 0) is 13.1 Å². The molecule has 0 bridgehead atoms. The maximum Gasteiger partial charge on any atom is 0.318 e. The lowest BCUT2D eigenvalue weighted by Gasteiger charge is -2.15. The highest BCUT2D eigenvalue weighted by molar-refractivity contribution is 5.75. The van der Waals surface area contributed by atoms with Crippen LogP contribution in [0.15, 0.2) is 18.2 Å². The van der Waals surface area contributed by atoms with Crippen LogP contribution in [0.5, 0.6) is 0 Å². The van der Waals surface area contributed by atoms with Crippen molar-refractivity contribution in [2.24, 2.45) is 0 Å². The number of fused-ring (bicyclic) bond motifs is 1. The van der Waals surface area contributed by atoms with E-state index in [-0.39, 0.29) is 6.03 Å². The van der Waals surface area contributed by atoms with E-state index in [1.54, 1.807) is 4.90 Å². The Balaban J connectivity index is 2.02. The van der Waals surface area contributed by atoms with Crippen LogP contribution < -0.4 is 11.1 Å². The highest BCUT2D eigenvalue weighted by atomic mass is 16.2. The van der Waals surface area contributed by atoms with Crippen LogP contribution >= 0.6 is 0 Å². The average Bonchev–Trinajstić information content (AvgIpc) is 2.68. The van der Waals surface area contributed by atoms with Crippen LogP contribution in [0.1, 0.15) is 24.5 Å². The summed E-state index contributed by atoms with van der Waals surface area (Å²) in [7, 11) is 0. The first-order valence-corrected chi connectivity index (χ1v) is 5.60. The van der Waals surface area contributed by atoms with Crippen LogP contribution in [0.25, 0.3) is 0 Å². The highest BCUT2D eigenvalue weighted by Crippen LogP contribution is 2.24. The van der Waals surface area contributed by atoms with E-state index in [9.17, 15) is 4.79 Å². The number of urea groups is 1. The Morgan fingerprint density at radius 1 is 1.44 bits per heavy atom. The number of hydrogen-bond acceptors (Lipinski definition) is 2. The third-order valence-electron chi connectivity index (χ3n) is 2.77. The smallest absolute Gasteiger partial charge is 0.318 e. The Kier molecular flexibility index (Phi) is 2.99. The number of anilines is 1. The summed E-state index contributed by atoms with van der Waals surface area (Å²) in [5, 5.41) is 2.88. The summed E-state index contributed by atoms with van der Waals surface area (Å²) < 4.78 is 0. The molecule has 0 aromatic heterocycles. The monoisotopic (exact) mass is 219 g/mol. The van der Waals surface area contributed by atoms with Gasteiger partial charge in [-0.2, -0.15) is 0 Å². The lowest BCUT2D eigenvalue weighted by molar-refractivity contribution is 0.198. The Morgan fingerprint density at radius 2 is 2.19 bits per heavy atom. The lowest BCUT2D eigenvalue weighted by atomic mass is 10.1. The molecule has 3 N–H and O–H groups in total. The van der Waals surface area contributed by atoms with E-state index in [4.69, 9.17) is 5.73 Å². The van der Waals surface area contributed by atoms with E-state index in [1.165, 1.54) is 5.56 Å². The van der Waals surface area contributed by atoms with E-state index in [0.717, 1.165) is 24.2 Å². The molecule has 0 unspecified atom stereocenters. The number of rotatable bonds is 2. The van der Waals surface area contributed by atoms with Gasteiger partial charge in [-0.15, -0.1) is 0 Å². The molecule has 0 saturated carbocycles. The van der Waals surface area contributed by atoms with Crippen LogP contribution in [0, 0.1) is 0 Å². The first kappa shape index (κ1) is 10.8. The summed E-state index contributed by atoms with van der Waals surface area (Å²) in [4.78, 5) is 13.5. The van der Waals surface area contributed by atoms with E-state index >= 15 is 0 Å². The van der Waals surface area contributed by atoms with Crippen LogP contribution in [0.3, 0.4) is 0 Å². The van der Waals surface area contributed by atoms with Crippen molar-refractivity contribution in [3.8, 4) is 0 Å².